The standard InChI is InChI=1S/C15H15FN4OS/c1-10(21)17-14-6-8-20(19-14)15-18-12-5-4-11(3-2-7-16)9-13(12)22-15/h4-6,8-9H,2-3,7H2,1H3,(H,17,19,21). The number of rotatable bonds is 5. The van der Waals surface area contributed by atoms with Crippen LogP contribution in [0.1, 0.15) is 18.9 Å². The second kappa shape index (κ2) is 6.23. The minimum atomic E-state index is -0.300. The number of thiazole rings is 1. The zero-order valence-corrected chi connectivity index (χ0v) is 12.9. The van der Waals surface area contributed by atoms with E-state index in [0.29, 0.717) is 12.2 Å². The molecule has 0 radical (unpaired) electrons. The molecule has 3 rings (SSSR count). The van der Waals surface area contributed by atoms with Crippen molar-refractivity contribution in [3.8, 4) is 5.13 Å². The number of aryl methyl sites for hydroxylation is 1. The van der Waals surface area contributed by atoms with Gasteiger partial charge in [-0.25, -0.2) is 9.67 Å². The third kappa shape index (κ3) is 3.14. The van der Waals surface area contributed by atoms with Crippen LogP contribution in [0.5, 0.6) is 0 Å². The maximum atomic E-state index is 12.3. The molecule has 1 N–H and O–H groups in total. The molecule has 22 heavy (non-hydrogen) atoms. The van der Waals surface area contributed by atoms with Crippen molar-refractivity contribution in [2.24, 2.45) is 0 Å². The Morgan fingerprint density at radius 3 is 3.05 bits per heavy atom. The number of hydrogen-bond donors (Lipinski definition) is 1. The van der Waals surface area contributed by atoms with E-state index < -0.39 is 0 Å². The van der Waals surface area contributed by atoms with Crippen molar-refractivity contribution in [3.63, 3.8) is 0 Å². The lowest BCUT2D eigenvalue weighted by Gasteiger charge is -1.97. The molecule has 0 aliphatic heterocycles. The number of fused-ring (bicyclic) bond motifs is 1. The van der Waals surface area contributed by atoms with Crippen molar-refractivity contribution in [1.29, 1.82) is 0 Å². The number of halogens is 1. The van der Waals surface area contributed by atoms with E-state index in [1.807, 2.05) is 18.2 Å². The molecular formula is C15H15FN4OS. The SMILES string of the molecule is CC(=O)Nc1ccn(-c2nc3ccc(CCCF)cc3s2)n1. The summed E-state index contributed by atoms with van der Waals surface area (Å²) < 4.78 is 14.9. The largest absolute Gasteiger partial charge is 0.309 e. The fourth-order valence-electron chi connectivity index (χ4n) is 2.16. The van der Waals surface area contributed by atoms with Crippen LogP contribution in [0.2, 0.25) is 0 Å². The number of carbonyl (C=O) groups is 1. The van der Waals surface area contributed by atoms with Crippen LogP contribution in [0.25, 0.3) is 15.3 Å². The zero-order chi connectivity index (χ0) is 15.5. The summed E-state index contributed by atoms with van der Waals surface area (Å²) in [6, 6.07) is 7.69. The van der Waals surface area contributed by atoms with Gasteiger partial charge in [-0.3, -0.25) is 9.18 Å². The van der Waals surface area contributed by atoms with Crippen LogP contribution in [0, 0.1) is 0 Å². The van der Waals surface area contributed by atoms with Crippen LogP contribution >= 0.6 is 11.3 Å². The molecule has 2 heterocycles. The van der Waals surface area contributed by atoms with Crippen LogP contribution in [0.15, 0.2) is 30.5 Å². The van der Waals surface area contributed by atoms with Gasteiger partial charge in [0.2, 0.25) is 11.0 Å². The Labute approximate surface area is 130 Å². The lowest BCUT2D eigenvalue weighted by molar-refractivity contribution is -0.114. The number of amides is 1. The summed E-state index contributed by atoms with van der Waals surface area (Å²) >= 11 is 1.51. The van der Waals surface area contributed by atoms with Crippen LogP contribution in [0.3, 0.4) is 0 Å². The first-order valence-electron chi connectivity index (χ1n) is 6.95. The molecule has 0 saturated heterocycles. The smallest absolute Gasteiger partial charge is 0.222 e. The van der Waals surface area contributed by atoms with E-state index in [0.717, 1.165) is 27.3 Å². The molecule has 0 fully saturated rings. The molecule has 3 aromatic rings. The number of benzene rings is 1. The zero-order valence-electron chi connectivity index (χ0n) is 12.0. The summed E-state index contributed by atoms with van der Waals surface area (Å²) in [7, 11) is 0. The second-order valence-electron chi connectivity index (χ2n) is 4.92. The van der Waals surface area contributed by atoms with Gasteiger partial charge in [0.25, 0.3) is 0 Å². The molecule has 1 aromatic carbocycles. The van der Waals surface area contributed by atoms with E-state index in [2.05, 4.69) is 15.4 Å². The summed E-state index contributed by atoms with van der Waals surface area (Å²) in [5.41, 5.74) is 2.00. The summed E-state index contributed by atoms with van der Waals surface area (Å²) in [5.74, 6) is 0.336. The van der Waals surface area contributed by atoms with Gasteiger partial charge in [-0.15, -0.1) is 5.10 Å². The van der Waals surface area contributed by atoms with Crippen molar-refractivity contribution in [2.45, 2.75) is 19.8 Å². The fraction of sp³-hybridized carbons (Fsp3) is 0.267. The molecule has 114 valence electrons. The minimum absolute atomic E-state index is 0.160. The molecule has 7 heteroatoms. The van der Waals surface area contributed by atoms with E-state index >= 15 is 0 Å². The first-order chi connectivity index (χ1) is 10.7. The van der Waals surface area contributed by atoms with E-state index in [1.165, 1.54) is 18.3 Å². The van der Waals surface area contributed by atoms with Crippen LogP contribution in [-0.2, 0) is 11.2 Å². The lowest BCUT2D eigenvalue weighted by atomic mass is 10.1. The van der Waals surface area contributed by atoms with E-state index in [-0.39, 0.29) is 12.6 Å². The van der Waals surface area contributed by atoms with Crippen molar-refractivity contribution >= 4 is 33.3 Å². The summed E-state index contributed by atoms with van der Waals surface area (Å²) in [6.07, 6.45) is 3.03. The van der Waals surface area contributed by atoms with Gasteiger partial charge in [0.15, 0.2) is 5.82 Å². The van der Waals surface area contributed by atoms with Gasteiger partial charge >= 0.3 is 0 Å². The first-order valence-corrected chi connectivity index (χ1v) is 7.76. The molecule has 5 nitrogen and oxygen atoms in total. The molecule has 0 atom stereocenters. The molecule has 2 aromatic heterocycles. The maximum Gasteiger partial charge on any atom is 0.222 e. The molecule has 1 amide bonds. The number of alkyl halides is 1. The topological polar surface area (TPSA) is 59.8 Å². The Balaban J connectivity index is 1.87. The van der Waals surface area contributed by atoms with Gasteiger partial charge < -0.3 is 5.32 Å². The Bertz CT molecular complexity index is 811. The maximum absolute atomic E-state index is 12.3. The number of aromatic nitrogens is 3. The third-order valence-electron chi connectivity index (χ3n) is 3.13. The molecule has 0 aliphatic carbocycles. The van der Waals surface area contributed by atoms with Crippen molar-refractivity contribution in [1.82, 2.24) is 14.8 Å². The number of carbonyl (C=O) groups excluding carboxylic acids is 1. The number of nitrogens with one attached hydrogen (secondary N) is 1. The van der Waals surface area contributed by atoms with Crippen LogP contribution in [0.4, 0.5) is 10.2 Å². The average Bonchev–Trinajstić information content (AvgIpc) is 3.10. The third-order valence-corrected chi connectivity index (χ3v) is 4.14. The average molecular weight is 318 g/mol. The highest BCUT2D eigenvalue weighted by Gasteiger charge is 2.09. The monoisotopic (exact) mass is 318 g/mol. The van der Waals surface area contributed by atoms with Crippen LogP contribution < -0.4 is 5.32 Å². The Kier molecular flexibility index (Phi) is 4.15. The van der Waals surface area contributed by atoms with Gasteiger partial charge in [0.05, 0.1) is 16.9 Å². The Morgan fingerprint density at radius 2 is 2.27 bits per heavy atom. The minimum Gasteiger partial charge on any atom is -0.309 e. The fourth-order valence-corrected chi connectivity index (χ4v) is 3.12. The molecule has 0 aliphatic rings. The van der Waals surface area contributed by atoms with Gasteiger partial charge in [-0.2, -0.15) is 0 Å². The predicted molar refractivity (Wildman–Crippen MR) is 85.3 cm³/mol. The van der Waals surface area contributed by atoms with E-state index in [4.69, 9.17) is 0 Å². The van der Waals surface area contributed by atoms with Gasteiger partial charge in [-0.1, -0.05) is 17.4 Å². The van der Waals surface area contributed by atoms with E-state index in [9.17, 15) is 9.18 Å². The van der Waals surface area contributed by atoms with E-state index in [1.54, 1.807) is 16.9 Å². The van der Waals surface area contributed by atoms with Gasteiger partial charge in [0, 0.05) is 19.2 Å². The number of nitrogens with zero attached hydrogens (tertiary/aromatic N) is 3. The normalized spacial score (nSPS) is 11.0. The highest BCUT2D eigenvalue weighted by molar-refractivity contribution is 7.20. The lowest BCUT2D eigenvalue weighted by Crippen LogP contribution is -2.06. The quantitative estimate of drug-likeness (QED) is 0.785. The second-order valence-corrected chi connectivity index (χ2v) is 5.93. The molecule has 0 unspecified atom stereocenters. The summed E-state index contributed by atoms with van der Waals surface area (Å²) in [6.45, 7) is 1.14. The van der Waals surface area contributed by atoms with Crippen molar-refractivity contribution in [3.05, 3.63) is 36.0 Å². The van der Waals surface area contributed by atoms with Crippen molar-refractivity contribution in [2.75, 3.05) is 12.0 Å². The van der Waals surface area contributed by atoms with Crippen LogP contribution in [-0.4, -0.2) is 27.3 Å². The molecular weight excluding hydrogens is 303 g/mol. The molecule has 0 saturated carbocycles. The highest BCUT2D eigenvalue weighted by atomic mass is 32.1. The highest BCUT2D eigenvalue weighted by Crippen LogP contribution is 2.26. The summed E-state index contributed by atoms with van der Waals surface area (Å²) in [5, 5.41) is 7.63. The molecule has 0 bridgehead atoms. The first kappa shape index (κ1) is 14.6. The van der Waals surface area contributed by atoms with Gasteiger partial charge in [-0.05, 0) is 30.5 Å². The molecule has 0 spiro atoms. The number of anilines is 1. The Hall–Kier alpha value is -2.28. The summed E-state index contributed by atoms with van der Waals surface area (Å²) in [4.78, 5) is 15.6. The predicted octanol–water partition coefficient (Wildman–Crippen LogP) is 3.34. The number of hydrogen-bond acceptors (Lipinski definition) is 4. The van der Waals surface area contributed by atoms with Crippen molar-refractivity contribution < 1.29 is 9.18 Å². The van der Waals surface area contributed by atoms with Gasteiger partial charge in [0.1, 0.15) is 0 Å². The Morgan fingerprint density at radius 1 is 1.41 bits per heavy atom.